The van der Waals surface area contributed by atoms with Crippen molar-refractivity contribution in [1.82, 2.24) is 0 Å². The predicted molar refractivity (Wildman–Crippen MR) is 54.8 cm³/mol. The van der Waals surface area contributed by atoms with Crippen LogP contribution in [0.3, 0.4) is 0 Å². The average molecular weight is 177 g/mol. The van der Waals surface area contributed by atoms with Crippen LogP contribution in [0.25, 0.3) is 0 Å². The normalized spacial score (nSPS) is 12.2. The third kappa shape index (κ3) is 2.31. The molecule has 0 aliphatic heterocycles. The summed E-state index contributed by atoms with van der Waals surface area (Å²) >= 11 is 0. The first kappa shape index (κ1) is 9.78. The van der Waals surface area contributed by atoms with Crippen LogP contribution in [-0.4, -0.2) is 6.41 Å². The van der Waals surface area contributed by atoms with Crippen LogP contribution in [0.4, 0.5) is 5.69 Å². The monoisotopic (exact) mass is 177 g/mol. The summed E-state index contributed by atoms with van der Waals surface area (Å²) in [6.45, 7) is 4.30. The second kappa shape index (κ2) is 4.65. The van der Waals surface area contributed by atoms with Crippen molar-refractivity contribution in [3.63, 3.8) is 0 Å². The Morgan fingerprint density at radius 2 is 2.15 bits per heavy atom. The summed E-state index contributed by atoms with van der Waals surface area (Å²) in [7, 11) is 0. The van der Waals surface area contributed by atoms with Crippen molar-refractivity contribution in [2.45, 2.75) is 26.2 Å². The van der Waals surface area contributed by atoms with E-state index in [4.69, 9.17) is 0 Å². The average Bonchev–Trinajstić information content (AvgIpc) is 2.18. The van der Waals surface area contributed by atoms with Gasteiger partial charge in [-0.1, -0.05) is 32.0 Å². The second-order valence-electron chi connectivity index (χ2n) is 3.16. The van der Waals surface area contributed by atoms with Gasteiger partial charge < -0.3 is 5.32 Å². The van der Waals surface area contributed by atoms with Crippen LogP contribution in [0.2, 0.25) is 0 Å². The van der Waals surface area contributed by atoms with Gasteiger partial charge >= 0.3 is 0 Å². The van der Waals surface area contributed by atoms with E-state index in [1.165, 1.54) is 5.56 Å². The first-order valence-electron chi connectivity index (χ1n) is 4.58. The van der Waals surface area contributed by atoms with Gasteiger partial charge in [0, 0.05) is 5.69 Å². The number of para-hydroxylation sites is 1. The predicted octanol–water partition coefficient (Wildman–Crippen LogP) is 2.77. The van der Waals surface area contributed by atoms with Gasteiger partial charge in [0.2, 0.25) is 6.41 Å². The highest BCUT2D eigenvalue weighted by molar-refractivity contribution is 5.73. The lowest BCUT2D eigenvalue weighted by atomic mass is 9.97. The molecule has 1 N–H and O–H groups in total. The Hall–Kier alpha value is -1.31. The van der Waals surface area contributed by atoms with Gasteiger partial charge in [-0.2, -0.15) is 0 Å². The number of nitrogens with one attached hydrogen (secondary N) is 1. The van der Waals surface area contributed by atoms with Crippen molar-refractivity contribution >= 4 is 12.1 Å². The van der Waals surface area contributed by atoms with E-state index in [9.17, 15) is 4.79 Å². The largest absolute Gasteiger partial charge is 0.328 e. The summed E-state index contributed by atoms with van der Waals surface area (Å²) in [5.41, 5.74) is 2.13. The molecule has 1 aromatic carbocycles. The van der Waals surface area contributed by atoms with Gasteiger partial charge in [-0.3, -0.25) is 4.79 Å². The maximum absolute atomic E-state index is 10.3. The summed E-state index contributed by atoms with van der Waals surface area (Å²) < 4.78 is 0. The molecule has 0 bridgehead atoms. The topological polar surface area (TPSA) is 29.1 Å². The maximum atomic E-state index is 10.3. The van der Waals surface area contributed by atoms with Crippen LogP contribution in [0, 0.1) is 0 Å². The minimum Gasteiger partial charge on any atom is -0.328 e. The highest BCUT2D eigenvalue weighted by Crippen LogP contribution is 2.25. The van der Waals surface area contributed by atoms with Gasteiger partial charge in [0.15, 0.2) is 0 Å². The zero-order chi connectivity index (χ0) is 9.68. The van der Waals surface area contributed by atoms with Crippen LogP contribution < -0.4 is 5.32 Å². The third-order valence-electron chi connectivity index (χ3n) is 2.32. The van der Waals surface area contributed by atoms with E-state index >= 15 is 0 Å². The highest BCUT2D eigenvalue weighted by atomic mass is 16.1. The summed E-state index contributed by atoms with van der Waals surface area (Å²) in [4.78, 5) is 10.3. The molecule has 13 heavy (non-hydrogen) atoms. The molecule has 0 spiro atoms. The van der Waals surface area contributed by atoms with Crippen molar-refractivity contribution in [1.29, 1.82) is 0 Å². The van der Waals surface area contributed by atoms with Gasteiger partial charge in [-0.25, -0.2) is 0 Å². The Bertz CT molecular complexity index is 283. The number of carbonyl (C=O) groups is 1. The number of rotatable bonds is 4. The molecule has 1 aromatic rings. The number of carbonyl (C=O) groups excluding carboxylic acids is 1. The van der Waals surface area contributed by atoms with Gasteiger partial charge in [0.05, 0.1) is 0 Å². The van der Waals surface area contributed by atoms with E-state index in [0.29, 0.717) is 5.92 Å². The number of hydrogen-bond donors (Lipinski definition) is 1. The van der Waals surface area contributed by atoms with Crippen molar-refractivity contribution < 1.29 is 4.79 Å². The Morgan fingerprint density at radius 3 is 2.77 bits per heavy atom. The smallest absolute Gasteiger partial charge is 0.211 e. The minimum absolute atomic E-state index is 0.489. The van der Waals surface area contributed by atoms with E-state index in [0.717, 1.165) is 18.5 Å². The molecule has 0 saturated heterocycles. The number of amides is 1. The Labute approximate surface area is 79.0 Å². The molecule has 1 amide bonds. The zero-order valence-corrected chi connectivity index (χ0v) is 8.08. The van der Waals surface area contributed by atoms with Gasteiger partial charge in [-0.05, 0) is 24.0 Å². The Morgan fingerprint density at radius 1 is 1.46 bits per heavy atom. The Kier molecular flexibility index (Phi) is 3.50. The van der Waals surface area contributed by atoms with Gasteiger partial charge in [-0.15, -0.1) is 0 Å². The number of benzene rings is 1. The van der Waals surface area contributed by atoms with Crippen molar-refractivity contribution in [3.05, 3.63) is 29.8 Å². The maximum Gasteiger partial charge on any atom is 0.211 e. The fraction of sp³-hybridized carbons (Fsp3) is 0.364. The van der Waals surface area contributed by atoms with E-state index in [-0.39, 0.29) is 0 Å². The van der Waals surface area contributed by atoms with Crippen LogP contribution in [-0.2, 0) is 4.79 Å². The first-order chi connectivity index (χ1) is 6.29. The van der Waals surface area contributed by atoms with Crippen molar-refractivity contribution in [2.75, 3.05) is 5.32 Å². The van der Waals surface area contributed by atoms with E-state index < -0.39 is 0 Å². The number of hydrogen-bond acceptors (Lipinski definition) is 1. The highest BCUT2D eigenvalue weighted by Gasteiger charge is 2.06. The fourth-order valence-corrected chi connectivity index (χ4v) is 1.34. The van der Waals surface area contributed by atoms with E-state index in [1.54, 1.807) is 0 Å². The molecule has 1 unspecified atom stereocenters. The lowest BCUT2D eigenvalue weighted by Crippen LogP contribution is -2.01. The first-order valence-corrected chi connectivity index (χ1v) is 4.58. The standard InChI is InChI=1S/C11H15NO/c1-3-9(2)10-6-4-5-7-11(10)12-8-13/h4-9H,3H2,1-2H3,(H,12,13). The van der Waals surface area contributed by atoms with Crippen LogP contribution in [0.1, 0.15) is 31.7 Å². The number of anilines is 1. The van der Waals surface area contributed by atoms with Crippen LogP contribution in [0.5, 0.6) is 0 Å². The minimum atomic E-state index is 0.489. The molecule has 0 aliphatic rings. The molecule has 0 saturated carbocycles. The van der Waals surface area contributed by atoms with Gasteiger partial charge in [0.1, 0.15) is 0 Å². The fourth-order valence-electron chi connectivity index (χ4n) is 1.34. The molecular formula is C11H15NO. The Balaban J connectivity index is 2.96. The molecule has 0 fully saturated rings. The summed E-state index contributed by atoms with van der Waals surface area (Å²) in [6, 6.07) is 7.91. The molecule has 0 aromatic heterocycles. The molecule has 1 atom stereocenters. The summed E-state index contributed by atoms with van der Waals surface area (Å²) in [6.07, 6.45) is 1.80. The third-order valence-corrected chi connectivity index (χ3v) is 2.32. The molecule has 0 radical (unpaired) electrons. The quantitative estimate of drug-likeness (QED) is 0.704. The lowest BCUT2D eigenvalue weighted by Gasteiger charge is -2.13. The van der Waals surface area contributed by atoms with Crippen molar-refractivity contribution in [2.24, 2.45) is 0 Å². The second-order valence-corrected chi connectivity index (χ2v) is 3.16. The van der Waals surface area contributed by atoms with Crippen LogP contribution >= 0.6 is 0 Å². The lowest BCUT2D eigenvalue weighted by molar-refractivity contribution is -0.105. The molecule has 2 nitrogen and oxygen atoms in total. The molecule has 2 heteroatoms. The zero-order valence-electron chi connectivity index (χ0n) is 8.08. The SMILES string of the molecule is CCC(C)c1ccccc1NC=O. The molecule has 1 rings (SSSR count). The van der Waals surface area contributed by atoms with E-state index in [2.05, 4.69) is 25.2 Å². The summed E-state index contributed by atoms with van der Waals surface area (Å²) in [5.74, 6) is 0.489. The molecule has 0 aliphatic carbocycles. The van der Waals surface area contributed by atoms with Crippen LogP contribution in [0.15, 0.2) is 24.3 Å². The van der Waals surface area contributed by atoms with Crippen molar-refractivity contribution in [3.8, 4) is 0 Å². The molecule has 70 valence electrons. The molecular weight excluding hydrogens is 162 g/mol. The molecule has 0 heterocycles. The summed E-state index contributed by atoms with van der Waals surface area (Å²) in [5, 5.41) is 2.71. The van der Waals surface area contributed by atoms with Gasteiger partial charge in [0.25, 0.3) is 0 Å². The van der Waals surface area contributed by atoms with E-state index in [1.807, 2.05) is 18.2 Å².